The number of aryl methyl sites for hydroxylation is 1. The van der Waals surface area contributed by atoms with Crippen molar-refractivity contribution in [3.05, 3.63) is 58.9 Å². The van der Waals surface area contributed by atoms with Gasteiger partial charge in [-0.25, -0.2) is 0 Å². The minimum atomic E-state index is -0.363. The molecule has 0 fully saturated rings. The van der Waals surface area contributed by atoms with Crippen molar-refractivity contribution < 1.29 is 23.5 Å². The van der Waals surface area contributed by atoms with Crippen molar-refractivity contribution in [3.8, 4) is 11.5 Å². The van der Waals surface area contributed by atoms with Gasteiger partial charge in [-0.1, -0.05) is 0 Å². The molecule has 3 aromatic rings. The number of carbonyl (C=O) groups excluding carboxylic acids is 2. The van der Waals surface area contributed by atoms with Gasteiger partial charge in [-0.15, -0.1) is 11.3 Å². The van der Waals surface area contributed by atoms with E-state index in [0.717, 1.165) is 5.56 Å². The number of carbonyl (C=O) groups is 2. The van der Waals surface area contributed by atoms with Crippen LogP contribution in [0.5, 0.6) is 11.5 Å². The summed E-state index contributed by atoms with van der Waals surface area (Å²) in [6.45, 7) is 1.83. The first-order chi connectivity index (χ1) is 13.4. The smallest absolute Gasteiger partial charge is 0.291 e. The highest BCUT2D eigenvalue weighted by atomic mass is 32.1. The number of rotatable bonds is 6. The Balaban J connectivity index is 1.80. The quantitative estimate of drug-likeness (QED) is 0.671. The maximum Gasteiger partial charge on any atom is 0.291 e. The fourth-order valence-corrected chi connectivity index (χ4v) is 3.68. The van der Waals surface area contributed by atoms with E-state index in [1.807, 2.05) is 6.92 Å². The topological polar surface area (TPSA) is 81.0 Å². The van der Waals surface area contributed by atoms with Gasteiger partial charge < -0.3 is 24.1 Å². The molecule has 0 bridgehead atoms. The Kier molecular flexibility index (Phi) is 5.70. The zero-order chi connectivity index (χ0) is 20.3. The van der Waals surface area contributed by atoms with E-state index in [9.17, 15) is 9.59 Å². The van der Waals surface area contributed by atoms with Gasteiger partial charge in [0.25, 0.3) is 11.8 Å². The number of thiophene rings is 1. The summed E-state index contributed by atoms with van der Waals surface area (Å²) in [7, 11) is 4.78. The fourth-order valence-electron chi connectivity index (χ4n) is 2.64. The van der Waals surface area contributed by atoms with Crippen LogP contribution in [0.3, 0.4) is 0 Å². The number of ether oxygens (including phenoxy) is 2. The lowest BCUT2D eigenvalue weighted by atomic mass is 10.2. The van der Waals surface area contributed by atoms with Crippen molar-refractivity contribution in [1.82, 2.24) is 0 Å². The molecule has 0 radical (unpaired) electrons. The van der Waals surface area contributed by atoms with E-state index in [0.29, 0.717) is 27.1 Å². The molecule has 0 saturated heterocycles. The second kappa shape index (κ2) is 8.18. The number of amides is 2. The zero-order valence-electron chi connectivity index (χ0n) is 15.9. The van der Waals surface area contributed by atoms with E-state index in [1.165, 1.54) is 22.5 Å². The fraction of sp³-hybridized carbons (Fsp3) is 0.200. The molecule has 0 aliphatic heterocycles. The highest BCUT2D eigenvalue weighted by Crippen LogP contribution is 2.33. The lowest BCUT2D eigenvalue weighted by Gasteiger charge is -2.18. The molecule has 0 unspecified atom stereocenters. The molecule has 28 heavy (non-hydrogen) atoms. The maximum absolute atomic E-state index is 13.0. The van der Waals surface area contributed by atoms with E-state index in [4.69, 9.17) is 13.9 Å². The van der Waals surface area contributed by atoms with E-state index >= 15 is 0 Å². The van der Waals surface area contributed by atoms with Crippen LogP contribution >= 0.6 is 11.3 Å². The molecule has 1 aromatic carbocycles. The third kappa shape index (κ3) is 3.86. The van der Waals surface area contributed by atoms with Gasteiger partial charge in [0, 0.05) is 18.8 Å². The van der Waals surface area contributed by atoms with E-state index in [1.54, 1.807) is 57.7 Å². The van der Waals surface area contributed by atoms with E-state index in [-0.39, 0.29) is 17.6 Å². The number of hydrogen-bond donors (Lipinski definition) is 1. The number of hydrogen-bond acceptors (Lipinski definition) is 6. The molecule has 1 N–H and O–H groups in total. The minimum absolute atomic E-state index is 0.187. The second-order valence-electron chi connectivity index (χ2n) is 5.96. The predicted molar refractivity (Wildman–Crippen MR) is 108 cm³/mol. The number of anilines is 2. The van der Waals surface area contributed by atoms with Crippen molar-refractivity contribution in [2.24, 2.45) is 0 Å². The zero-order valence-corrected chi connectivity index (χ0v) is 16.8. The summed E-state index contributed by atoms with van der Waals surface area (Å²) in [6, 6.07) is 10.2. The summed E-state index contributed by atoms with van der Waals surface area (Å²) < 4.78 is 15.6. The molecule has 8 heteroatoms. The Morgan fingerprint density at radius 2 is 1.86 bits per heavy atom. The lowest BCUT2D eigenvalue weighted by Crippen LogP contribution is -2.25. The molecule has 0 atom stereocenters. The standard InChI is InChI=1S/C20H20N2O5S/c1-12-10-17(21-19(23)15-6-5-9-27-15)28-18(12)20(24)22(2)13-7-8-14(25-3)16(11-13)26-4/h5-11H,1-4H3,(H,21,23). The van der Waals surface area contributed by atoms with Crippen LogP contribution in [0.4, 0.5) is 10.7 Å². The van der Waals surface area contributed by atoms with Crippen LogP contribution < -0.4 is 19.7 Å². The van der Waals surface area contributed by atoms with Crippen LogP contribution in [-0.4, -0.2) is 33.1 Å². The molecule has 2 amide bonds. The third-order valence-corrected chi connectivity index (χ3v) is 5.29. The normalized spacial score (nSPS) is 10.4. The number of methoxy groups -OCH3 is 2. The van der Waals surface area contributed by atoms with Crippen molar-refractivity contribution in [2.45, 2.75) is 6.92 Å². The first kappa shape index (κ1) is 19.5. The molecule has 0 aliphatic carbocycles. The van der Waals surface area contributed by atoms with Gasteiger partial charge in [0.1, 0.15) is 0 Å². The summed E-state index contributed by atoms with van der Waals surface area (Å²) in [5.41, 5.74) is 1.44. The van der Waals surface area contributed by atoms with Crippen LogP contribution in [0.25, 0.3) is 0 Å². The van der Waals surface area contributed by atoms with Crippen LogP contribution in [0.2, 0.25) is 0 Å². The second-order valence-corrected chi connectivity index (χ2v) is 7.01. The lowest BCUT2D eigenvalue weighted by molar-refractivity contribution is 0.0988. The van der Waals surface area contributed by atoms with Gasteiger partial charge in [0.05, 0.1) is 30.4 Å². The number of furan rings is 1. The van der Waals surface area contributed by atoms with Gasteiger partial charge >= 0.3 is 0 Å². The molecule has 7 nitrogen and oxygen atoms in total. The van der Waals surface area contributed by atoms with Gasteiger partial charge in [0.2, 0.25) is 0 Å². The molecule has 2 heterocycles. The Bertz CT molecular complexity index is 994. The van der Waals surface area contributed by atoms with Gasteiger partial charge in [0.15, 0.2) is 17.3 Å². The third-order valence-electron chi connectivity index (χ3n) is 4.15. The number of nitrogens with one attached hydrogen (secondary N) is 1. The van der Waals surface area contributed by atoms with Crippen LogP contribution in [-0.2, 0) is 0 Å². The van der Waals surface area contributed by atoms with Crippen LogP contribution in [0.1, 0.15) is 25.8 Å². The molecular weight excluding hydrogens is 380 g/mol. The van der Waals surface area contributed by atoms with Gasteiger partial charge in [-0.2, -0.15) is 0 Å². The first-order valence-corrected chi connectivity index (χ1v) is 9.21. The molecule has 146 valence electrons. The first-order valence-electron chi connectivity index (χ1n) is 8.40. The largest absolute Gasteiger partial charge is 0.493 e. The number of nitrogens with zero attached hydrogens (tertiary/aromatic N) is 1. The van der Waals surface area contributed by atoms with Crippen molar-refractivity contribution in [3.63, 3.8) is 0 Å². The van der Waals surface area contributed by atoms with Crippen LogP contribution in [0.15, 0.2) is 47.1 Å². The summed E-state index contributed by atoms with van der Waals surface area (Å²) in [5, 5.41) is 3.32. The molecule has 3 rings (SSSR count). The highest BCUT2D eigenvalue weighted by molar-refractivity contribution is 7.18. The summed E-state index contributed by atoms with van der Waals surface area (Å²) in [4.78, 5) is 27.2. The SMILES string of the molecule is COc1ccc(N(C)C(=O)c2sc(NC(=O)c3ccco3)cc2C)cc1OC. The van der Waals surface area contributed by atoms with Crippen molar-refractivity contribution in [2.75, 3.05) is 31.5 Å². The molecular formula is C20H20N2O5S. The predicted octanol–water partition coefficient (Wildman–Crippen LogP) is 4.20. The summed E-state index contributed by atoms with van der Waals surface area (Å²) in [5.74, 6) is 0.782. The van der Waals surface area contributed by atoms with E-state index < -0.39 is 0 Å². The molecule has 0 aliphatic rings. The molecule has 0 saturated carbocycles. The van der Waals surface area contributed by atoms with E-state index in [2.05, 4.69) is 5.32 Å². The maximum atomic E-state index is 13.0. The Hall–Kier alpha value is -3.26. The summed E-state index contributed by atoms with van der Waals surface area (Å²) >= 11 is 1.21. The summed E-state index contributed by atoms with van der Waals surface area (Å²) in [6.07, 6.45) is 1.43. The number of benzene rings is 1. The Labute approximate surface area is 166 Å². The van der Waals surface area contributed by atoms with Gasteiger partial charge in [-0.3, -0.25) is 9.59 Å². The van der Waals surface area contributed by atoms with Crippen LogP contribution in [0, 0.1) is 6.92 Å². The average molecular weight is 400 g/mol. The molecule has 0 spiro atoms. The Morgan fingerprint density at radius 1 is 1.11 bits per heavy atom. The highest BCUT2D eigenvalue weighted by Gasteiger charge is 2.21. The minimum Gasteiger partial charge on any atom is -0.493 e. The van der Waals surface area contributed by atoms with Gasteiger partial charge in [-0.05, 0) is 42.8 Å². The van der Waals surface area contributed by atoms with Crippen molar-refractivity contribution in [1.29, 1.82) is 0 Å². The Morgan fingerprint density at radius 3 is 2.50 bits per heavy atom. The average Bonchev–Trinajstić information content (AvgIpc) is 3.36. The molecule has 2 aromatic heterocycles. The van der Waals surface area contributed by atoms with Crippen molar-refractivity contribution >= 4 is 33.8 Å². The monoisotopic (exact) mass is 400 g/mol.